The monoisotopic (exact) mass is 250 g/mol. The molecule has 0 radical (unpaired) electrons. The lowest BCUT2D eigenvalue weighted by Gasteiger charge is -2.20. The van der Waals surface area contributed by atoms with Gasteiger partial charge in [-0.25, -0.2) is 4.98 Å². The number of hydrogen-bond donors (Lipinski definition) is 1. The van der Waals surface area contributed by atoms with Crippen molar-refractivity contribution in [2.24, 2.45) is 0 Å². The maximum atomic E-state index is 11.8. The minimum Gasteiger partial charge on any atom is -0.594 e. The van der Waals surface area contributed by atoms with E-state index in [2.05, 4.69) is 15.6 Å². The molecule has 17 heavy (non-hydrogen) atoms. The van der Waals surface area contributed by atoms with E-state index in [1.54, 1.807) is 24.4 Å². The van der Waals surface area contributed by atoms with Gasteiger partial charge in [0.2, 0.25) is 0 Å². The summed E-state index contributed by atoms with van der Waals surface area (Å²) in [5, 5.41) is 18.8. The van der Waals surface area contributed by atoms with E-state index in [1.807, 2.05) is 0 Å². The summed E-state index contributed by atoms with van der Waals surface area (Å²) in [5.41, 5.74) is 2.56. The maximum absolute atomic E-state index is 11.8. The number of halogens is 1. The fourth-order valence-corrected chi connectivity index (χ4v) is 1.69. The van der Waals surface area contributed by atoms with Crippen LogP contribution in [0.2, 0.25) is 5.02 Å². The number of fused-ring (bicyclic) bond motifs is 1. The van der Waals surface area contributed by atoms with E-state index in [9.17, 15) is 5.21 Å². The molecule has 0 amide bonds. The minimum absolute atomic E-state index is 0.453. The highest BCUT2D eigenvalue weighted by Crippen LogP contribution is 2.00. The van der Waals surface area contributed by atoms with Gasteiger partial charge in [-0.15, -0.1) is 15.0 Å². The van der Waals surface area contributed by atoms with Gasteiger partial charge < -0.3 is 5.21 Å². The summed E-state index contributed by atoms with van der Waals surface area (Å²) in [6, 6.07) is 5.06. The third-order valence-electron chi connectivity index (χ3n) is 2.29. The second kappa shape index (κ2) is 3.63. The zero-order valence-corrected chi connectivity index (χ0v) is 9.24. The first-order chi connectivity index (χ1) is 8.24. The van der Waals surface area contributed by atoms with Gasteiger partial charge in [0.15, 0.2) is 0 Å². The van der Waals surface area contributed by atoms with Crippen molar-refractivity contribution >= 4 is 17.8 Å². The second-order valence-corrected chi connectivity index (χ2v) is 3.82. The average Bonchev–Trinajstić information content (AvgIpc) is 2.83. The van der Waals surface area contributed by atoms with Gasteiger partial charge in [0.05, 0.1) is 11.4 Å². The number of aromatic nitrogens is 3. The summed E-state index contributed by atoms with van der Waals surface area (Å²) in [6.45, 7) is 0. The standard InChI is InChI=1S/C9H7ClN6O/c10-8-2-1-7-4-14(15-6-11-5-12-15)13-16(17)9(7)3-8/h1-6,13H. The summed E-state index contributed by atoms with van der Waals surface area (Å²) in [5.74, 6) is 0. The Morgan fingerprint density at radius 1 is 1.41 bits per heavy atom. The van der Waals surface area contributed by atoms with E-state index in [-0.39, 0.29) is 0 Å². The first-order valence-electron chi connectivity index (χ1n) is 4.76. The van der Waals surface area contributed by atoms with Crippen LogP contribution >= 0.6 is 11.6 Å². The first-order valence-corrected chi connectivity index (χ1v) is 5.14. The SMILES string of the molecule is [O-][N+]1=c2cc(Cl)ccc2=CN(n2cncn2)N1. The van der Waals surface area contributed by atoms with E-state index in [4.69, 9.17) is 11.6 Å². The molecule has 1 aliphatic heterocycles. The minimum atomic E-state index is 0.453. The number of rotatable bonds is 1. The Bertz CT molecular complexity index is 667. The van der Waals surface area contributed by atoms with Gasteiger partial charge in [-0.05, 0) is 12.1 Å². The lowest BCUT2D eigenvalue weighted by Crippen LogP contribution is -2.59. The molecule has 0 fully saturated rings. The van der Waals surface area contributed by atoms with Crippen molar-refractivity contribution < 1.29 is 0 Å². The smallest absolute Gasteiger partial charge is 0.254 e. The van der Waals surface area contributed by atoms with Gasteiger partial charge in [0.25, 0.3) is 5.36 Å². The van der Waals surface area contributed by atoms with Crippen LogP contribution < -0.4 is 26.1 Å². The highest BCUT2D eigenvalue weighted by Gasteiger charge is 2.13. The molecule has 86 valence electrons. The van der Waals surface area contributed by atoms with Crippen molar-refractivity contribution in [3.8, 4) is 0 Å². The van der Waals surface area contributed by atoms with Crippen molar-refractivity contribution in [2.75, 3.05) is 5.12 Å². The third-order valence-corrected chi connectivity index (χ3v) is 2.53. The zero-order valence-electron chi connectivity index (χ0n) is 8.49. The summed E-state index contributed by atoms with van der Waals surface area (Å²) < 4.78 is 0. The summed E-state index contributed by atoms with van der Waals surface area (Å²) >= 11 is 5.83. The summed E-state index contributed by atoms with van der Waals surface area (Å²) in [4.78, 5) is 5.81. The highest BCUT2D eigenvalue weighted by atomic mass is 35.5. The van der Waals surface area contributed by atoms with Gasteiger partial charge in [0.1, 0.15) is 12.7 Å². The zero-order chi connectivity index (χ0) is 11.8. The van der Waals surface area contributed by atoms with Crippen LogP contribution in [0.3, 0.4) is 0 Å². The summed E-state index contributed by atoms with van der Waals surface area (Å²) in [6.07, 6.45) is 4.56. The van der Waals surface area contributed by atoms with Crippen LogP contribution in [0.5, 0.6) is 0 Å². The van der Waals surface area contributed by atoms with E-state index in [1.165, 1.54) is 22.6 Å². The van der Waals surface area contributed by atoms with E-state index in [0.29, 0.717) is 15.2 Å². The van der Waals surface area contributed by atoms with Crippen molar-refractivity contribution in [1.29, 1.82) is 0 Å². The third kappa shape index (κ3) is 1.66. The molecule has 1 N–H and O–H groups in total. The number of benzene rings is 1. The molecular formula is C9H7ClN6O. The molecule has 0 spiro atoms. The fourth-order valence-electron chi connectivity index (χ4n) is 1.53. The van der Waals surface area contributed by atoms with Gasteiger partial charge in [-0.1, -0.05) is 22.0 Å². The maximum Gasteiger partial charge on any atom is 0.254 e. The molecule has 0 bridgehead atoms. The van der Waals surface area contributed by atoms with Crippen LogP contribution in [0.1, 0.15) is 0 Å². The van der Waals surface area contributed by atoms with Crippen LogP contribution in [0, 0.1) is 5.21 Å². The average molecular weight is 251 g/mol. The molecule has 3 rings (SSSR count). The van der Waals surface area contributed by atoms with Gasteiger partial charge in [-0.2, -0.15) is 0 Å². The second-order valence-electron chi connectivity index (χ2n) is 3.39. The molecule has 8 heteroatoms. The molecule has 7 nitrogen and oxygen atoms in total. The quantitative estimate of drug-likeness (QED) is 0.505. The number of hydrazine groups is 2. The Balaban J connectivity index is 2.17. The molecule has 2 aromatic rings. The van der Waals surface area contributed by atoms with Gasteiger partial charge in [-0.3, -0.25) is 0 Å². The number of nitrogens with zero attached hydrogens (tertiary/aromatic N) is 5. The Kier molecular flexibility index (Phi) is 2.12. The lowest BCUT2D eigenvalue weighted by atomic mass is 10.3. The van der Waals surface area contributed by atoms with Crippen molar-refractivity contribution in [1.82, 2.24) is 25.3 Å². The van der Waals surface area contributed by atoms with E-state index < -0.39 is 0 Å². The molecule has 0 unspecified atom stereocenters. The normalized spacial score (nSPS) is 13.9. The summed E-state index contributed by atoms with van der Waals surface area (Å²) in [7, 11) is 0. The van der Waals surface area contributed by atoms with Crippen LogP contribution in [-0.4, -0.2) is 14.9 Å². The van der Waals surface area contributed by atoms with Crippen molar-refractivity contribution in [3.05, 3.63) is 51.7 Å². The van der Waals surface area contributed by atoms with Crippen LogP contribution in [-0.2, 0) is 0 Å². The largest absolute Gasteiger partial charge is 0.594 e. The molecule has 1 aliphatic rings. The lowest BCUT2D eigenvalue weighted by molar-refractivity contribution is 0.431. The molecule has 0 aliphatic carbocycles. The topological polar surface area (TPSA) is 72.0 Å². The predicted octanol–water partition coefficient (Wildman–Crippen LogP) is -1.27. The van der Waals surface area contributed by atoms with Crippen molar-refractivity contribution in [2.45, 2.75) is 0 Å². The van der Waals surface area contributed by atoms with Gasteiger partial charge in [0, 0.05) is 11.1 Å². The Hall–Kier alpha value is -2.28. The fraction of sp³-hybridized carbons (Fsp3) is 0. The highest BCUT2D eigenvalue weighted by molar-refractivity contribution is 6.30. The van der Waals surface area contributed by atoms with Crippen molar-refractivity contribution in [3.63, 3.8) is 0 Å². The van der Waals surface area contributed by atoms with Crippen LogP contribution in [0.15, 0.2) is 30.9 Å². The Morgan fingerprint density at radius 2 is 2.29 bits per heavy atom. The van der Waals surface area contributed by atoms with Gasteiger partial charge >= 0.3 is 0 Å². The Morgan fingerprint density at radius 3 is 3.06 bits per heavy atom. The molecular weight excluding hydrogens is 244 g/mol. The van der Waals surface area contributed by atoms with E-state index in [0.717, 1.165) is 5.22 Å². The molecule has 1 aromatic heterocycles. The van der Waals surface area contributed by atoms with Crippen LogP contribution in [0.25, 0.3) is 6.20 Å². The molecule has 0 saturated carbocycles. The molecule has 0 saturated heterocycles. The molecule has 2 heterocycles. The molecule has 1 aromatic carbocycles. The molecule has 0 atom stereocenters. The number of nitrogens with one attached hydrogen (secondary N) is 1. The van der Waals surface area contributed by atoms with E-state index >= 15 is 0 Å². The predicted molar refractivity (Wildman–Crippen MR) is 61.1 cm³/mol. The number of hydrogen-bond acceptors (Lipinski definition) is 5. The Labute approximate surface area is 100 Å². The first kappa shape index (κ1) is 9.91. The van der Waals surface area contributed by atoms with Crippen LogP contribution in [0.4, 0.5) is 0 Å².